The Labute approximate surface area is 169 Å². The van der Waals surface area contributed by atoms with Crippen molar-refractivity contribution in [3.8, 4) is 0 Å². The quantitative estimate of drug-likeness (QED) is 0.381. The SMILES string of the molecule is Cc1cn([C@H]2C[C@H](O)[C@@H](CO)O2)c(=O)n(CCCCC2CC2CC(O)CO)c1=O. The van der Waals surface area contributed by atoms with Crippen LogP contribution in [0.3, 0.4) is 0 Å². The second kappa shape index (κ2) is 9.53. The standard InChI is InChI=1S/C20H32N2O7/c1-12-9-22(18-8-16(26)17(11-24)29-18)20(28)21(19(12)27)5-3-2-4-13-6-14(13)7-15(25)10-23/h9,13-18,23-26H,2-8,10-11H2,1H3/t13?,14?,15?,16-,17+,18+/m0/s1. The zero-order valence-corrected chi connectivity index (χ0v) is 16.8. The second-order valence-corrected chi connectivity index (χ2v) is 8.40. The molecule has 1 saturated heterocycles. The van der Waals surface area contributed by atoms with Crippen LogP contribution in [0.4, 0.5) is 0 Å². The Balaban J connectivity index is 1.58. The van der Waals surface area contributed by atoms with E-state index in [0.29, 0.717) is 36.8 Å². The van der Waals surface area contributed by atoms with Gasteiger partial charge in [-0.3, -0.25) is 13.9 Å². The predicted molar refractivity (Wildman–Crippen MR) is 104 cm³/mol. The summed E-state index contributed by atoms with van der Waals surface area (Å²) in [6.07, 6.45) is 2.95. The first-order valence-electron chi connectivity index (χ1n) is 10.4. The lowest BCUT2D eigenvalue weighted by Gasteiger charge is -2.17. The number of aryl methyl sites for hydroxylation is 1. The zero-order valence-electron chi connectivity index (χ0n) is 16.8. The number of nitrogens with zero attached hydrogens (tertiary/aromatic N) is 2. The van der Waals surface area contributed by atoms with E-state index in [1.807, 2.05) is 0 Å². The molecule has 4 N–H and O–H groups in total. The van der Waals surface area contributed by atoms with Crippen LogP contribution in [0.1, 0.15) is 50.3 Å². The highest BCUT2D eigenvalue weighted by molar-refractivity contribution is 5.04. The van der Waals surface area contributed by atoms with Gasteiger partial charge in [-0.05, 0) is 38.0 Å². The van der Waals surface area contributed by atoms with Crippen molar-refractivity contribution in [2.45, 2.75) is 76.5 Å². The summed E-state index contributed by atoms with van der Waals surface area (Å²) >= 11 is 0. The van der Waals surface area contributed by atoms with Crippen molar-refractivity contribution in [2.24, 2.45) is 11.8 Å². The molecule has 6 atom stereocenters. The molecule has 2 aliphatic rings. The van der Waals surface area contributed by atoms with Crippen molar-refractivity contribution in [3.63, 3.8) is 0 Å². The molecule has 9 heteroatoms. The molecule has 2 fully saturated rings. The fraction of sp³-hybridized carbons (Fsp3) is 0.800. The number of rotatable bonds is 10. The molecule has 1 aromatic heterocycles. The van der Waals surface area contributed by atoms with Crippen LogP contribution in [0, 0.1) is 18.8 Å². The molecule has 9 nitrogen and oxygen atoms in total. The van der Waals surface area contributed by atoms with Crippen molar-refractivity contribution >= 4 is 0 Å². The zero-order chi connectivity index (χ0) is 21.1. The largest absolute Gasteiger partial charge is 0.394 e. The van der Waals surface area contributed by atoms with Gasteiger partial charge in [-0.1, -0.05) is 12.8 Å². The molecule has 1 aliphatic carbocycles. The second-order valence-electron chi connectivity index (χ2n) is 8.40. The maximum atomic E-state index is 12.8. The van der Waals surface area contributed by atoms with Gasteiger partial charge in [0.05, 0.1) is 25.4 Å². The van der Waals surface area contributed by atoms with Gasteiger partial charge in [0.2, 0.25) is 0 Å². The Morgan fingerprint density at radius 3 is 2.62 bits per heavy atom. The van der Waals surface area contributed by atoms with Gasteiger partial charge < -0.3 is 25.2 Å². The molecule has 2 heterocycles. The van der Waals surface area contributed by atoms with E-state index in [-0.39, 0.29) is 25.2 Å². The third-order valence-corrected chi connectivity index (χ3v) is 6.12. The molecule has 1 saturated carbocycles. The molecule has 1 aliphatic heterocycles. The van der Waals surface area contributed by atoms with E-state index >= 15 is 0 Å². The van der Waals surface area contributed by atoms with Crippen LogP contribution >= 0.6 is 0 Å². The molecule has 0 aromatic carbocycles. The average molecular weight is 412 g/mol. The van der Waals surface area contributed by atoms with Gasteiger partial charge in [-0.15, -0.1) is 0 Å². The van der Waals surface area contributed by atoms with Crippen LogP contribution in [0.25, 0.3) is 0 Å². The van der Waals surface area contributed by atoms with E-state index in [0.717, 1.165) is 19.3 Å². The molecule has 164 valence electrons. The monoisotopic (exact) mass is 412 g/mol. The smallest absolute Gasteiger partial charge is 0.333 e. The topological polar surface area (TPSA) is 134 Å². The molecule has 29 heavy (non-hydrogen) atoms. The van der Waals surface area contributed by atoms with Crippen LogP contribution in [-0.2, 0) is 11.3 Å². The third-order valence-electron chi connectivity index (χ3n) is 6.12. The molecule has 0 radical (unpaired) electrons. The molecule has 0 bridgehead atoms. The average Bonchev–Trinajstić information content (AvgIpc) is 3.32. The van der Waals surface area contributed by atoms with E-state index in [9.17, 15) is 24.9 Å². The fourth-order valence-electron chi connectivity index (χ4n) is 4.26. The van der Waals surface area contributed by atoms with Crippen LogP contribution in [0.5, 0.6) is 0 Å². The highest BCUT2D eigenvalue weighted by Crippen LogP contribution is 2.45. The highest BCUT2D eigenvalue weighted by Gasteiger charge is 2.37. The summed E-state index contributed by atoms with van der Waals surface area (Å²) in [5, 5.41) is 37.6. The van der Waals surface area contributed by atoms with Gasteiger partial charge in [-0.2, -0.15) is 0 Å². The Morgan fingerprint density at radius 1 is 1.21 bits per heavy atom. The highest BCUT2D eigenvalue weighted by atomic mass is 16.5. The van der Waals surface area contributed by atoms with E-state index in [2.05, 4.69) is 0 Å². The van der Waals surface area contributed by atoms with Crippen LogP contribution in [0.15, 0.2) is 15.8 Å². The van der Waals surface area contributed by atoms with Gasteiger partial charge in [0.1, 0.15) is 12.3 Å². The summed E-state index contributed by atoms with van der Waals surface area (Å²) in [4.78, 5) is 25.3. The van der Waals surface area contributed by atoms with Crippen molar-refractivity contribution in [1.82, 2.24) is 9.13 Å². The molecule has 0 amide bonds. The van der Waals surface area contributed by atoms with E-state index in [1.54, 1.807) is 6.92 Å². The van der Waals surface area contributed by atoms with Crippen LogP contribution in [0.2, 0.25) is 0 Å². The van der Waals surface area contributed by atoms with Crippen molar-refractivity contribution in [3.05, 3.63) is 32.6 Å². The summed E-state index contributed by atoms with van der Waals surface area (Å²) in [6, 6.07) is 0. The molecular formula is C20H32N2O7. The van der Waals surface area contributed by atoms with E-state index in [4.69, 9.17) is 9.84 Å². The lowest BCUT2D eigenvalue weighted by atomic mass is 10.1. The number of hydrogen-bond donors (Lipinski definition) is 4. The van der Waals surface area contributed by atoms with Gasteiger partial charge in [0.25, 0.3) is 5.56 Å². The first kappa shape index (κ1) is 22.2. The Kier molecular flexibility index (Phi) is 7.28. The minimum atomic E-state index is -0.853. The lowest BCUT2D eigenvalue weighted by molar-refractivity contribution is -0.0464. The summed E-state index contributed by atoms with van der Waals surface area (Å²) in [5.41, 5.74) is -0.360. The summed E-state index contributed by atoms with van der Waals surface area (Å²) < 4.78 is 8.12. The lowest BCUT2D eigenvalue weighted by Crippen LogP contribution is -2.42. The molecule has 3 rings (SSSR count). The normalized spacial score (nSPS) is 29.9. The Hall–Kier alpha value is -1.52. The third kappa shape index (κ3) is 5.16. The number of unbranched alkanes of at least 4 members (excludes halogenated alkanes) is 1. The minimum Gasteiger partial charge on any atom is -0.394 e. The van der Waals surface area contributed by atoms with Crippen molar-refractivity contribution in [2.75, 3.05) is 13.2 Å². The first-order chi connectivity index (χ1) is 13.8. The number of aliphatic hydroxyl groups excluding tert-OH is 4. The van der Waals surface area contributed by atoms with Crippen molar-refractivity contribution < 1.29 is 25.2 Å². The van der Waals surface area contributed by atoms with Crippen LogP contribution in [-0.4, -0.2) is 61.1 Å². The molecule has 3 unspecified atom stereocenters. The first-order valence-corrected chi connectivity index (χ1v) is 10.4. The van der Waals surface area contributed by atoms with E-state index < -0.39 is 30.2 Å². The van der Waals surface area contributed by atoms with Gasteiger partial charge >= 0.3 is 5.69 Å². The molecular weight excluding hydrogens is 380 g/mol. The Morgan fingerprint density at radius 2 is 1.97 bits per heavy atom. The van der Waals surface area contributed by atoms with Crippen molar-refractivity contribution in [1.29, 1.82) is 0 Å². The summed E-state index contributed by atoms with van der Waals surface area (Å²) in [5.74, 6) is 1.01. The number of aromatic nitrogens is 2. The van der Waals surface area contributed by atoms with Gasteiger partial charge in [-0.25, -0.2) is 4.79 Å². The Bertz CT molecular complexity index is 805. The summed E-state index contributed by atoms with van der Waals surface area (Å²) in [7, 11) is 0. The maximum absolute atomic E-state index is 12.8. The molecule has 0 spiro atoms. The number of aliphatic hydroxyl groups is 4. The van der Waals surface area contributed by atoms with E-state index in [1.165, 1.54) is 15.3 Å². The maximum Gasteiger partial charge on any atom is 0.333 e. The predicted octanol–water partition coefficient (Wildman–Crippen LogP) is -0.491. The van der Waals surface area contributed by atoms with Gasteiger partial charge in [0, 0.05) is 24.7 Å². The molecule has 1 aromatic rings. The number of hydrogen-bond acceptors (Lipinski definition) is 7. The fourth-order valence-corrected chi connectivity index (χ4v) is 4.26. The number of ether oxygens (including phenoxy) is 1. The minimum absolute atomic E-state index is 0.186. The van der Waals surface area contributed by atoms with Gasteiger partial charge in [0.15, 0.2) is 0 Å². The van der Waals surface area contributed by atoms with Crippen LogP contribution < -0.4 is 11.2 Å². The summed E-state index contributed by atoms with van der Waals surface area (Å²) in [6.45, 7) is 1.43.